The molecule has 2 atom stereocenters. The summed E-state index contributed by atoms with van der Waals surface area (Å²) in [6, 6.07) is 25.4. The predicted molar refractivity (Wildman–Crippen MR) is 108 cm³/mol. The van der Waals surface area contributed by atoms with Gasteiger partial charge in [-0.15, -0.1) is 5.10 Å². The molecule has 27 heavy (non-hydrogen) atoms. The van der Waals surface area contributed by atoms with Gasteiger partial charge in [-0.2, -0.15) is 0 Å². The van der Waals surface area contributed by atoms with Crippen molar-refractivity contribution >= 4 is 17.1 Å². The first kappa shape index (κ1) is 17.2. The zero-order valence-corrected chi connectivity index (χ0v) is 15.1. The maximum absolute atomic E-state index is 11.1. The van der Waals surface area contributed by atoms with Crippen molar-refractivity contribution in [1.29, 1.82) is 0 Å². The Morgan fingerprint density at radius 1 is 0.889 bits per heavy atom. The Morgan fingerprint density at radius 2 is 1.59 bits per heavy atom. The molecular formula is C23H21N3O. The lowest BCUT2D eigenvalue weighted by molar-refractivity contribution is 0.130. The van der Waals surface area contributed by atoms with E-state index in [1.807, 2.05) is 97.9 Å². The molecule has 4 heteroatoms. The SMILES string of the molecule is Cc1ccc(C(O)C(C=Cc2ccccc2)n2nnc3ccccc32)cc1. The van der Waals surface area contributed by atoms with Crippen molar-refractivity contribution in [3.05, 3.63) is 102 Å². The van der Waals surface area contributed by atoms with Gasteiger partial charge in [-0.3, -0.25) is 0 Å². The maximum Gasteiger partial charge on any atom is 0.113 e. The van der Waals surface area contributed by atoms with Crippen LogP contribution in [0.15, 0.2) is 84.9 Å². The summed E-state index contributed by atoms with van der Waals surface area (Å²) in [5, 5.41) is 19.7. The van der Waals surface area contributed by atoms with Crippen LogP contribution >= 0.6 is 0 Å². The third-order valence-electron chi connectivity index (χ3n) is 4.69. The first-order valence-corrected chi connectivity index (χ1v) is 9.00. The molecule has 0 fully saturated rings. The summed E-state index contributed by atoms with van der Waals surface area (Å²) in [4.78, 5) is 0. The van der Waals surface area contributed by atoms with Gasteiger partial charge in [0.2, 0.25) is 0 Å². The molecule has 3 aromatic carbocycles. The Balaban J connectivity index is 1.77. The molecule has 4 rings (SSSR count). The number of aromatic nitrogens is 3. The van der Waals surface area contributed by atoms with Gasteiger partial charge in [-0.25, -0.2) is 4.68 Å². The van der Waals surface area contributed by atoms with Gasteiger partial charge < -0.3 is 5.11 Å². The number of rotatable bonds is 5. The van der Waals surface area contributed by atoms with Crippen LogP contribution in [0.1, 0.15) is 28.8 Å². The van der Waals surface area contributed by atoms with Crippen molar-refractivity contribution in [1.82, 2.24) is 15.0 Å². The van der Waals surface area contributed by atoms with Crippen LogP contribution < -0.4 is 0 Å². The predicted octanol–water partition coefficient (Wildman–Crippen LogP) is 4.73. The molecule has 4 nitrogen and oxygen atoms in total. The van der Waals surface area contributed by atoms with E-state index in [-0.39, 0.29) is 6.04 Å². The summed E-state index contributed by atoms with van der Waals surface area (Å²) < 4.78 is 1.79. The van der Waals surface area contributed by atoms with Crippen molar-refractivity contribution in [3.8, 4) is 0 Å². The van der Waals surface area contributed by atoms with Crippen LogP contribution in [-0.4, -0.2) is 20.1 Å². The lowest BCUT2D eigenvalue weighted by Gasteiger charge is -2.21. The van der Waals surface area contributed by atoms with E-state index in [4.69, 9.17) is 0 Å². The Kier molecular flexibility index (Phi) is 4.81. The minimum Gasteiger partial charge on any atom is -0.386 e. The zero-order valence-electron chi connectivity index (χ0n) is 15.1. The van der Waals surface area contributed by atoms with Crippen LogP contribution in [0.3, 0.4) is 0 Å². The number of hydrogen-bond donors (Lipinski definition) is 1. The summed E-state index contributed by atoms with van der Waals surface area (Å²) in [6.07, 6.45) is 3.26. The summed E-state index contributed by atoms with van der Waals surface area (Å²) >= 11 is 0. The standard InChI is InChI=1S/C23H21N3O/c1-17-11-14-19(15-12-17)23(27)22(16-13-18-7-3-2-4-8-18)26-21-10-6-5-9-20(21)24-25-26/h2-16,22-23,27H,1H3. The molecular weight excluding hydrogens is 334 g/mol. The quantitative estimate of drug-likeness (QED) is 0.563. The topological polar surface area (TPSA) is 50.9 Å². The number of aliphatic hydroxyl groups is 1. The first-order chi connectivity index (χ1) is 13.2. The van der Waals surface area contributed by atoms with Gasteiger partial charge in [0.05, 0.1) is 5.52 Å². The van der Waals surface area contributed by atoms with Gasteiger partial charge >= 0.3 is 0 Å². The third kappa shape index (κ3) is 3.66. The average Bonchev–Trinajstić information content (AvgIpc) is 3.13. The Morgan fingerprint density at radius 3 is 2.37 bits per heavy atom. The van der Waals surface area contributed by atoms with Crippen molar-refractivity contribution in [2.45, 2.75) is 19.1 Å². The molecule has 0 saturated heterocycles. The molecule has 0 aliphatic carbocycles. The molecule has 0 radical (unpaired) electrons. The molecule has 0 bridgehead atoms. The second kappa shape index (κ2) is 7.56. The molecule has 1 heterocycles. The highest BCUT2D eigenvalue weighted by atomic mass is 16.3. The van der Waals surface area contributed by atoms with E-state index >= 15 is 0 Å². The van der Waals surface area contributed by atoms with Gasteiger partial charge in [-0.1, -0.05) is 89.7 Å². The van der Waals surface area contributed by atoms with E-state index in [2.05, 4.69) is 10.3 Å². The van der Waals surface area contributed by atoms with E-state index in [1.165, 1.54) is 0 Å². The monoisotopic (exact) mass is 355 g/mol. The largest absolute Gasteiger partial charge is 0.386 e. The number of fused-ring (bicyclic) bond motifs is 1. The number of nitrogens with zero attached hydrogens (tertiary/aromatic N) is 3. The Bertz CT molecular complexity index is 1050. The highest BCUT2D eigenvalue weighted by molar-refractivity contribution is 5.74. The normalized spacial score (nSPS) is 13.9. The number of benzene rings is 3. The van der Waals surface area contributed by atoms with Gasteiger partial charge in [0.25, 0.3) is 0 Å². The van der Waals surface area contributed by atoms with Gasteiger partial charge in [-0.05, 0) is 30.2 Å². The second-order valence-electron chi connectivity index (χ2n) is 6.64. The van der Waals surface area contributed by atoms with Gasteiger partial charge in [0, 0.05) is 0 Å². The Hall–Kier alpha value is -3.24. The molecule has 4 aromatic rings. The minimum absolute atomic E-state index is 0.375. The summed E-state index contributed by atoms with van der Waals surface area (Å²) in [7, 11) is 0. The van der Waals surface area contributed by atoms with Crippen molar-refractivity contribution in [3.63, 3.8) is 0 Å². The molecule has 1 aromatic heterocycles. The average molecular weight is 355 g/mol. The maximum atomic E-state index is 11.1. The number of para-hydroxylation sites is 1. The van der Waals surface area contributed by atoms with Crippen LogP contribution in [0.2, 0.25) is 0 Å². The summed E-state index contributed by atoms with van der Waals surface area (Å²) in [6.45, 7) is 2.04. The lowest BCUT2D eigenvalue weighted by Crippen LogP contribution is -2.17. The van der Waals surface area contributed by atoms with Crippen LogP contribution in [0.5, 0.6) is 0 Å². The summed E-state index contributed by atoms with van der Waals surface area (Å²) in [5.41, 5.74) is 4.79. The Labute approximate surface area is 158 Å². The molecule has 134 valence electrons. The smallest absolute Gasteiger partial charge is 0.113 e. The minimum atomic E-state index is -0.740. The van der Waals surface area contributed by atoms with Crippen LogP contribution in [0, 0.1) is 6.92 Å². The molecule has 0 saturated carbocycles. The fraction of sp³-hybridized carbons (Fsp3) is 0.130. The molecule has 2 unspecified atom stereocenters. The third-order valence-corrected chi connectivity index (χ3v) is 4.69. The number of hydrogen-bond acceptors (Lipinski definition) is 3. The number of aliphatic hydroxyl groups excluding tert-OH is 1. The van der Waals surface area contributed by atoms with Crippen molar-refractivity contribution in [2.24, 2.45) is 0 Å². The van der Waals surface area contributed by atoms with Crippen molar-refractivity contribution in [2.75, 3.05) is 0 Å². The van der Waals surface area contributed by atoms with Crippen molar-refractivity contribution < 1.29 is 5.11 Å². The van der Waals surface area contributed by atoms with E-state index < -0.39 is 6.10 Å². The lowest BCUT2D eigenvalue weighted by atomic mass is 10.00. The van der Waals surface area contributed by atoms with Crippen LogP contribution in [0.4, 0.5) is 0 Å². The molecule has 0 aliphatic heterocycles. The fourth-order valence-electron chi connectivity index (χ4n) is 3.16. The molecule has 0 spiro atoms. The van der Waals surface area contributed by atoms with Crippen LogP contribution in [-0.2, 0) is 0 Å². The highest BCUT2D eigenvalue weighted by Crippen LogP contribution is 2.30. The molecule has 1 N–H and O–H groups in total. The molecule has 0 amide bonds. The fourth-order valence-corrected chi connectivity index (χ4v) is 3.16. The first-order valence-electron chi connectivity index (χ1n) is 9.00. The molecule has 0 aliphatic rings. The van der Waals surface area contributed by atoms with E-state index in [1.54, 1.807) is 4.68 Å². The zero-order chi connectivity index (χ0) is 18.6. The number of aryl methyl sites for hydroxylation is 1. The van der Waals surface area contributed by atoms with Crippen LogP contribution in [0.25, 0.3) is 17.1 Å². The van der Waals surface area contributed by atoms with Gasteiger partial charge in [0.15, 0.2) is 0 Å². The van der Waals surface area contributed by atoms with Gasteiger partial charge in [0.1, 0.15) is 17.7 Å². The highest BCUT2D eigenvalue weighted by Gasteiger charge is 2.23. The second-order valence-corrected chi connectivity index (χ2v) is 6.64. The van der Waals surface area contributed by atoms with E-state index in [0.717, 1.165) is 27.7 Å². The van der Waals surface area contributed by atoms with E-state index in [9.17, 15) is 5.11 Å². The summed E-state index contributed by atoms with van der Waals surface area (Å²) in [5.74, 6) is 0. The van der Waals surface area contributed by atoms with E-state index in [0.29, 0.717) is 0 Å².